The van der Waals surface area contributed by atoms with Crippen molar-refractivity contribution < 1.29 is 0 Å². The summed E-state index contributed by atoms with van der Waals surface area (Å²) < 4.78 is 0. The van der Waals surface area contributed by atoms with Crippen molar-refractivity contribution in [2.24, 2.45) is 5.41 Å². The molecule has 0 unspecified atom stereocenters. The Labute approximate surface area is 120 Å². The van der Waals surface area contributed by atoms with Crippen LogP contribution in [0, 0.1) is 5.41 Å². The van der Waals surface area contributed by atoms with E-state index in [1.165, 1.54) is 32.4 Å². The maximum Gasteiger partial charge on any atom is 0.205 e. The average molecular weight is 282 g/mol. The number of hydrogen-bond acceptors (Lipinski definition) is 5. The summed E-state index contributed by atoms with van der Waals surface area (Å²) in [6.07, 6.45) is 5.04. The van der Waals surface area contributed by atoms with Gasteiger partial charge in [-0.15, -0.1) is 10.2 Å². The molecule has 108 valence electrons. The number of aromatic nitrogens is 2. The molecule has 2 rings (SSSR count). The molecule has 2 heterocycles. The molecule has 0 amide bonds. The predicted molar refractivity (Wildman–Crippen MR) is 81.6 cm³/mol. The second kappa shape index (κ2) is 6.66. The molecule has 19 heavy (non-hydrogen) atoms. The molecular weight excluding hydrogens is 256 g/mol. The fraction of sp³-hybridized carbons (Fsp3) is 0.857. The molecule has 0 radical (unpaired) electrons. The minimum absolute atomic E-state index is 0.550. The standard InChI is InChI=1S/C14H26N4S/c1-4-8-15-13-17-16-12(19-13)10-18-9-7-14(5-2,6-3)11-18/h4-11H2,1-3H3,(H,15,17). The van der Waals surface area contributed by atoms with Gasteiger partial charge in [0.05, 0.1) is 6.54 Å². The van der Waals surface area contributed by atoms with Crippen LogP contribution in [-0.4, -0.2) is 34.7 Å². The average Bonchev–Trinajstić information content (AvgIpc) is 3.04. The zero-order chi connectivity index (χ0) is 13.7. The van der Waals surface area contributed by atoms with Gasteiger partial charge in [-0.3, -0.25) is 4.90 Å². The molecule has 1 saturated heterocycles. The van der Waals surface area contributed by atoms with Crippen LogP contribution in [0.25, 0.3) is 0 Å². The van der Waals surface area contributed by atoms with E-state index in [4.69, 9.17) is 0 Å². The molecule has 1 aliphatic rings. The lowest BCUT2D eigenvalue weighted by molar-refractivity contribution is 0.236. The zero-order valence-electron chi connectivity index (χ0n) is 12.4. The third-order valence-electron chi connectivity index (χ3n) is 4.37. The van der Waals surface area contributed by atoms with Crippen molar-refractivity contribution in [1.29, 1.82) is 0 Å². The van der Waals surface area contributed by atoms with Crippen LogP contribution in [0.4, 0.5) is 5.13 Å². The molecule has 1 fully saturated rings. The van der Waals surface area contributed by atoms with Crippen molar-refractivity contribution in [2.75, 3.05) is 25.0 Å². The van der Waals surface area contributed by atoms with Gasteiger partial charge in [0.1, 0.15) is 5.01 Å². The van der Waals surface area contributed by atoms with Crippen LogP contribution in [0.1, 0.15) is 51.5 Å². The second-order valence-electron chi connectivity index (χ2n) is 5.60. The Morgan fingerprint density at radius 3 is 2.68 bits per heavy atom. The highest BCUT2D eigenvalue weighted by Gasteiger charge is 2.34. The Balaban J connectivity index is 1.87. The van der Waals surface area contributed by atoms with Gasteiger partial charge < -0.3 is 5.32 Å². The first kappa shape index (κ1) is 14.7. The lowest BCUT2D eigenvalue weighted by atomic mass is 9.82. The summed E-state index contributed by atoms with van der Waals surface area (Å²) in [7, 11) is 0. The SMILES string of the molecule is CCCNc1nnc(CN2CCC(CC)(CC)C2)s1. The van der Waals surface area contributed by atoms with Crippen LogP contribution in [0.2, 0.25) is 0 Å². The van der Waals surface area contributed by atoms with Crippen molar-refractivity contribution >= 4 is 16.5 Å². The summed E-state index contributed by atoms with van der Waals surface area (Å²) >= 11 is 1.70. The van der Waals surface area contributed by atoms with Crippen molar-refractivity contribution in [3.05, 3.63) is 5.01 Å². The molecule has 1 aromatic heterocycles. The van der Waals surface area contributed by atoms with Crippen LogP contribution in [0.5, 0.6) is 0 Å². The molecule has 4 nitrogen and oxygen atoms in total. The minimum atomic E-state index is 0.550. The summed E-state index contributed by atoms with van der Waals surface area (Å²) in [4.78, 5) is 2.54. The van der Waals surface area contributed by atoms with Gasteiger partial charge in [-0.05, 0) is 37.6 Å². The van der Waals surface area contributed by atoms with Crippen molar-refractivity contribution in [1.82, 2.24) is 15.1 Å². The lowest BCUT2D eigenvalue weighted by Gasteiger charge is -2.26. The second-order valence-corrected chi connectivity index (χ2v) is 6.66. The van der Waals surface area contributed by atoms with Crippen LogP contribution in [-0.2, 0) is 6.54 Å². The fourth-order valence-electron chi connectivity index (χ4n) is 2.80. The molecule has 5 heteroatoms. The van der Waals surface area contributed by atoms with Crippen molar-refractivity contribution in [2.45, 2.75) is 53.0 Å². The Kier molecular flexibility index (Phi) is 5.16. The molecule has 0 spiro atoms. The molecule has 1 aliphatic heterocycles. The van der Waals surface area contributed by atoms with Crippen molar-refractivity contribution in [3.63, 3.8) is 0 Å². The monoisotopic (exact) mass is 282 g/mol. The number of likely N-dealkylation sites (tertiary alicyclic amines) is 1. The highest BCUT2D eigenvalue weighted by atomic mass is 32.1. The molecule has 0 aliphatic carbocycles. The van der Waals surface area contributed by atoms with Gasteiger partial charge in [-0.1, -0.05) is 32.1 Å². The highest BCUT2D eigenvalue weighted by Crippen LogP contribution is 2.37. The van der Waals surface area contributed by atoms with E-state index >= 15 is 0 Å². The molecule has 0 aromatic carbocycles. The van der Waals surface area contributed by atoms with E-state index in [-0.39, 0.29) is 0 Å². The van der Waals surface area contributed by atoms with E-state index in [2.05, 4.69) is 41.2 Å². The summed E-state index contributed by atoms with van der Waals surface area (Å²) in [6, 6.07) is 0. The molecule has 0 atom stereocenters. The van der Waals surface area contributed by atoms with E-state index in [9.17, 15) is 0 Å². The number of hydrogen-bond donors (Lipinski definition) is 1. The van der Waals surface area contributed by atoms with E-state index in [0.717, 1.165) is 29.6 Å². The summed E-state index contributed by atoms with van der Waals surface area (Å²) in [5, 5.41) is 13.9. The Morgan fingerprint density at radius 1 is 1.26 bits per heavy atom. The molecule has 0 bridgehead atoms. The molecule has 1 aromatic rings. The van der Waals surface area contributed by atoms with Gasteiger partial charge in [0, 0.05) is 13.1 Å². The number of rotatable bonds is 7. The van der Waals surface area contributed by atoms with Crippen LogP contribution in [0.3, 0.4) is 0 Å². The van der Waals surface area contributed by atoms with Gasteiger partial charge >= 0.3 is 0 Å². The third kappa shape index (κ3) is 3.66. The van der Waals surface area contributed by atoms with Crippen LogP contribution >= 0.6 is 11.3 Å². The maximum absolute atomic E-state index is 4.30. The first-order valence-electron chi connectivity index (χ1n) is 7.50. The number of nitrogens with one attached hydrogen (secondary N) is 1. The van der Waals surface area contributed by atoms with Gasteiger partial charge in [0.25, 0.3) is 0 Å². The fourth-order valence-corrected chi connectivity index (χ4v) is 3.61. The Morgan fingerprint density at radius 2 is 2.05 bits per heavy atom. The van der Waals surface area contributed by atoms with Gasteiger partial charge in [0.2, 0.25) is 5.13 Å². The lowest BCUT2D eigenvalue weighted by Crippen LogP contribution is -2.26. The van der Waals surface area contributed by atoms with Gasteiger partial charge in [-0.2, -0.15) is 0 Å². The topological polar surface area (TPSA) is 41.1 Å². The van der Waals surface area contributed by atoms with E-state index in [1.54, 1.807) is 11.3 Å². The van der Waals surface area contributed by atoms with Crippen LogP contribution in [0.15, 0.2) is 0 Å². The first-order valence-corrected chi connectivity index (χ1v) is 8.31. The smallest absolute Gasteiger partial charge is 0.205 e. The Bertz CT molecular complexity index is 387. The normalized spacial score (nSPS) is 18.9. The van der Waals surface area contributed by atoms with E-state index < -0.39 is 0 Å². The molecule has 1 N–H and O–H groups in total. The molecular formula is C14H26N4S. The zero-order valence-corrected chi connectivity index (χ0v) is 13.2. The van der Waals surface area contributed by atoms with Crippen LogP contribution < -0.4 is 5.32 Å². The summed E-state index contributed by atoms with van der Waals surface area (Å²) in [5.41, 5.74) is 0.550. The van der Waals surface area contributed by atoms with Gasteiger partial charge in [0.15, 0.2) is 0 Å². The largest absolute Gasteiger partial charge is 0.360 e. The number of nitrogens with zero attached hydrogens (tertiary/aromatic N) is 3. The quantitative estimate of drug-likeness (QED) is 0.832. The third-order valence-corrected chi connectivity index (χ3v) is 5.24. The first-order chi connectivity index (χ1) is 9.21. The van der Waals surface area contributed by atoms with Gasteiger partial charge in [-0.25, -0.2) is 0 Å². The summed E-state index contributed by atoms with van der Waals surface area (Å²) in [5.74, 6) is 0. The van der Waals surface area contributed by atoms with Crippen molar-refractivity contribution in [3.8, 4) is 0 Å². The summed E-state index contributed by atoms with van der Waals surface area (Å²) in [6.45, 7) is 11.2. The highest BCUT2D eigenvalue weighted by molar-refractivity contribution is 7.15. The maximum atomic E-state index is 4.30. The minimum Gasteiger partial charge on any atom is -0.360 e. The van der Waals surface area contributed by atoms with E-state index in [1.807, 2.05) is 0 Å². The molecule has 0 saturated carbocycles. The number of anilines is 1. The Hall–Kier alpha value is -0.680. The predicted octanol–water partition coefficient (Wildman–Crippen LogP) is 3.37. The van der Waals surface area contributed by atoms with E-state index in [0.29, 0.717) is 5.41 Å².